The average molecular weight is 295 g/mol. The van der Waals surface area contributed by atoms with E-state index in [0.29, 0.717) is 0 Å². The molecule has 1 N–H and O–H groups in total. The summed E-state index contributed by atoms with van der Waals surface area (Å²) < 4.78 is 93.8. The van der Waals surface area contributed by atoms with E-state index in [1.54, 1.807) is 0 Å². The van der Waals surface area contributed by atoms with Crippen LogP contribution in [0.25, 0.3) is 0 Å². The second-order valence-corrected chi connectivity index (χ2v) is 5.02. The van der Waals surface area contributed by atoms with Crippen LogP contribution in [0.1, 0.15) is 0 Å². The maximum atomic E-state index is 12.4. The minimum atomic E-state index is -6.69. The molecule has 16 heavy (non-hydrogen) atoms. The first-order valence-corrected chi connectivity index (χ1v) is 5.31. The molecule has 0 bridgehead atoms. The van der Waals surface area contributed by atoms with Crippen LogP contribution in [0.2, 0.25) is 0 Å². The van der Waals surface area contributed by atoms with Crippen molar-refractivity contribution in [1.82, 2.24) is 0 Å². The van der Waals surface area contributed by atoms with E-state index >= 15 is 0 Å². The molecule has 12 heteroatoms. The molecular weight excluding hydrogens is 294 g/mol. The smallest absolute Gasteiger partial charge is 0.428 e. The van der Waals surface area contributed by atoms with Crippen molar-refractivity contribution < 1.29 is 44.7 Å². The lowest BCUT2D eigenvalue weighted by Crippen LogP contribution is -2.59. The minimum absolute atomic E-state index is 3.61. The number of hydrogen-bond donors (Lipinski definition) is 1. The summed E-state index contributed by atoms with van der Waals surface area (Å²) in [5.41, 5.74) is 0. The maximum absolute atomic E-state index is 12.4. The number of aliphatic carboxylic acids is 1. The first-order chi connectivity index (χ1) is 6.69. The lowest BCUT2D eigenvalue weighted by atomic mass is 10.2. The minimum Gasteiger partial charge on any atom is -0.477 e. The van der Waals surface area contributed by atoms with Gasteiger partial charge in [0.1, 0.15) is 0 Å². The Morgan fingerprint density at radius 1 is 1.06 bits per heavy atom. The highest BCUT2D eigenvalue weighted by molar-refractivity contribution is 8.14. The van der Waals surface area contributed by atoms with Crippen molar-refractivity contribution in [3.8, 4) is 0 Å². The first kappa shape index (κ1) is 15.3. The molecule has 0 fully saturated rings. The van der Waals surface area contributed by atoms with Crippen LogP contribution in [0, 0.1) is 0 Å². The summed E-state index contributed by atoms with van der Waals surface area (Å²) in [7, 11) is -2.60. The number of carboxylic acid groups (broad SMARTS) is 1. The van der Waals surface area contributed by atoms with Gasteiger partial charge in [0.2, 0.25) is 0 Å². The maximum Gasteiger partial charge on any atom is 0.428 e. The molecule has 0 atom stereocenters. The van der Waals surface area contributed by atoms with Gasteiger partial charge in [-0.05, 0) is 0 Å². The standard InChI is InChI=1S/C4HClF6O4S/c5-16(14,15)4(10,11)3(8,9)2(6,7)1(12)13/h(H,12,13). The summed E-state index contributed by atoms with van der Waals surface area (Å²) in [5, 5.41) is 1.18. The number of rotatable bonds is 4. The molecule has 0 radical (unpaired) electrons. The lowest BCUT2D eigenvalue weighted by Gasteiger charge is -2.27. The van der Waals surface area contributed by atoms with Crippen LogP contribution in [-0.4, -0.2) is 36.6 Å². The van der Waals surface area contributed by atoms with E-state index in [4.69, 9.17) is 5.11 Å². The Morgan fingerprint density at radius 3 is 1.56 bits per heavy atom. The Morgan fingerprint density at radius 2 is 1.38 bits per heavy atom. The second kappa shape index (κ2) is 3.65. The van der Waals surface area contributed by atoms with Gasteiger partial charge in [-0.25, -0.2) is 13.2 Å². The van der Waals surface area contributed by atoms with Gasteiger partial charge in [0.15, 0.2) is 0 Å². The van der Waals surface area contributed by atoms with E-state index in [0.717, 1.165) is 0 Å². The van der Waals surface area contributed by atoms with E-state index in [-0.39, 0.29) is 0 Å². The zero-order valence-electron chi connectivity index (χ0n) is 6.73. The third-order valence-corrected chi connectivity index (χ3v) is 2.78. The zero-order valence-corrected chi connectivity index (χ0v) is 8.30. The van der Waals surface area contributed by atoms with Crippen molar-refractivity contribution in [2.45, 2.75) is 17.1 Å². The monoisotopic (exact) mass is 294 g/mol. The van der Waals surface area contributed by atoms with Gasteiger partial charge < -0.3 is 5.11 Å². The molecule has 0 unspecified atom stereocenters. The fourth-order valence-corrected chi connectivity index (χ4v) is 1.20. The van der Waals surface area contributed by atoms with Gasteiger partial charge >= 0.3 is 32.1 Å². The third-order valence-electron chi connectivity index (χ3n) is 1.33. The van der Waals surface area contributed by atoms with Crippen LogP contribution in [0.4, 0.5) is 26.3 Å². The Hall–Kier alpha value is -0.710. The van der Waals surface area contributed by atoms with Crippen LogP contribution in [-0.2, 0) is 13.8 Å². The Kier molecular flexibility index (Phi) is 3.49. The fourth-order valence-electron chi connectivity index (χ4n) is 0.470. The normalized spacial score (nSPS) is 14.9. The SMILES string of the molecule is O=C(O)C(F)(F)C(F)(F)C(F)(F)S(=O)(=O)Cl. The molecule has 0 aliphatic rings. The van der Waals surface area contributed by atoms with E-state index in [1.165, 1.54) is 0 Å². The number of carboxylic acids is 1. The van der Waals surface area contributed by atoms with Crippen LogP contribution in [0.3, 0.4) is 0 Å². The fraction of sp³-hybridized carbons (Fsp3) is 0.750. The summed E-state index contributed by atoms with van der Waals surface area (Å²) in [6.07, 6.45) is 0. The predicted molar refractivity (Wildman–Crippen MR) is 37.2 cm³/mol. The van der Waals surface area contributed by atoms with Gasteiger partial charge in [-0.3, -0.25) is 0 Å². The molecule has 0 aromatic carbocycles. The van der Waals surface area contributed by atoms with Gasteiger partial charge in [-0.1, -0.05) is 0 Å². The highest BCUT2D eigenvalue weighted by atomic mass is 35.7. The van der Waals surface area contributed by atoms with E-state index in [9.17, 15) is 39.6 Å². The van der Waals surface area contributed by atoms with Crippen LogP contribution >= 0.6 is 10.7 Å². The number of halogens is 7. The topological polar surface area (TPSA) is 71.4 Å². The second-order valence-electron chi connectivity index (χ2n) is 2.41. The molecule has 0 rings (SSSR count). The first-order valence-electron chi connectivity index (χ1n) is 3.00. The summed E-state index contributed by atoms with van der Waals surface area (Å²) in [5.74, 6) is -16.6. The quantitative estimate of drug-likeness (QED) is 0.630. The Balaban J connectivity index is 5.82. The van der Waals surface area contributed by atoms with Crippen molar-refractivity contribution in [2.75, 3.05) is 0 Å². The lowest BCUT2D eigenvalue weighted by molar-refractivity contribution is -0.275. The zero-order chi connectivity index (χ0) is 13.6. The van der Waals surface area contributed by atoms with E-state index in [1.807, 2.05) is 0 Å². The van der Waals surface area contributed by atoms with Crippen molar-refractivity contribution in [3.05, 3.63) is 0 Å². The van der Waals surface area contributed by atoms with Crippen LogP contribution in [0.5, 0.6) is 0 Å². The molecule has 96 valence electrons. The number of alkyl halides is 6. The van der Waals surface area contributed by atoms with Crippen molar-refractivity contribution in [3.63, 3.8) is 0 Å². The van der Waals surface area contributed by atoms with Crippen molar-refractivity contribution >= 4 is 25.7 Å². The van der Waals surface area contributed by atoms with Gasteiger partial charge in [-0.15, -0.1) is 0 Å². The van der Waals surface area contributed by atoms with Crippen molar-refractivity contribution in [2.24, 2.45) is 0 Å². The molecule has 0 aliphatic heterocycles. The molecule has 4 nitrogen and oxygen atoms in total. The summed E-state index contributed by atoms with van der Waals surface area (Å²) >= 11 is 0. The Labute approximate surface area is 88.2 Å². The highest BCUT2D eigenvalue weighted by Gasteiger charge is 2.80. The molecule has 0 aromatic heterocycles. The molecule has 0 saturated heterocycles. The van der Waals surface area contributed by atoms with Gasteiger partial charge in [0, 0.05) is 10.7 Å². The predicted octanol–water partition coefficient (Wildman–Crippen LogP) is 1.50. The van der Waals surface area contributed by atoms with Crippen LogP contribution in [0.15, 0.2) is 0 Å². The highest BCUT2D eigenvalue weighted by Crippen LogP contribution is 2.49. The summed E-state index contributed by atoms with van der Waals surface area (Å²) in [6.45, 7) is 0. The van der Waals surface area contributed by atoms with E-state index in [2.05, 4.69) is 10.7 Å². The molecule has 0 heterocycles. The van der Waals surface area contributed by atoms with Crippen LogP contribution < -0.4 is 0 Å². The third kappa shape index (κ3) is 1.93. The van der Waals surface area contributed by atoms with Gasteiger partial charge in [-0.2, -0.15) is 26.3 Å². The number of carbonyl (C=O) groups is 1. The largest absolute Gasteiger partial charge is 0.477 e. The van der Waals surface area contributed by atoms with Crippen molar-refractivity contribution in [1.29, 1.82) is 0 Å². The molecule has 0 aliphatic carbocycles. The number of hydrogen-bond acceptors (Lipinski definition) is 3. The molecule has 0 aromatic rings. The summed E-state index contributed by atoms with van der Waals surface area (Å²) in [6, 6.07) is 0. The molecule has 0 amide bonds. The van der Waals surface area contributed by atoms with E-state index < -0.39 is 32.1 Å². The molecule has 0 spiro atoms. The van der Waals surface area contributed by atoms with Gasteiger partial charge in [0.05, 0.1) is 0 Å². The van der Waals surface area contributed by atoms with Gasteiger partial charge in [0.25, 0.3) is 0 Å². The molecule has 0 saturated carbocycles. The molecular formula is C4HClF6O4S. The average Bonchev–Trinajstić information content (AvgIpc) is 2.00. The Bertz CT molecular complexity index is 403. The summed E-state index contributed by atoms with van der Waals surface area (Å²) in [4.78, 5) is 9.64.